The zero-order chi connectivity index (χ0) is 13.4. The number of para-hydroxylation sites is 1. The second kappa shape index (κ2) is 4.63. The lowest BCUT2D eigenvalue weighted by atomic mass is 10.1. The van der Waals surface area contributed by atoms with E-state index in [1.165, 1.54) is 11.3 Å². The molecule has 2 heterocycles. The summed E-state index contributed by atoms with van der Waals surface area (Å²) in [6.07, 6.45) is 2.76. The lowest BCUT2D eigenvalue weighted by Crippen LogP contribution is -2.27. The van der Waals surface area contributed by atoms with Crippen molar-refractivity contribution >= 4 is 28.6 Å². The van der Waals surface area contributed by atoms with Crippen LogP contribution in [0.15, 0.2) is 42.6 Å². The number of hydrogen-bond acceptors (Lipinski definition) is 3. The smallest absolute Gasteiger partial charge is 0.124 e. The number of fused-ring (bicyclic) bond motifs is 1. The van der Waals surface area contributed by atoms with E-state index in [0.717, 1.165) is 12.1 Å². The number of hydrogen-bond donors (Lipinski definition) is 1. The fourth-order valence-electron chi connectivity index (χ4n) is 2.71. The fourth-order valence-corrected chi connectivity index (χ4v) is 2.87. The van der Waals surface area contributed by atoms with Crippen molar-refractivity contribution < 1.29 is 0 Å². The van der Waals surface area contributed by atoms with E-state index >= 15 is 0 Å². The number of nitrogens with zero attached hydrogens (tertiary/aromatic N) is 2. The molecule has 4 heteroatoms. The first kappa shape index (κ1) is 12.1. The highest BCUT2D eigenvalue weighted by Crippen LogP contribution is 2.38. The zero-order valence-electron chi connectivity index (χ0n) is 10.7. The molecular weight excluding hydrogens is 254 g/mol. The van der Waals surface area contributed by atoms with Crippen LogP contribution in [-0.2, 0) is 6.42 Å². The largest absolute Gasteiger partial charge is 0.388 e. The van der Waals surface area contributed by atoms with Gasteiger partial charge in [0.15, 0.2) is 0 Å². The molecule has 0 saturated carbocycles. The zero-order valence-corrected chi connectivity index (χ0v) is 11.5. The van der Waals surface area contributed by atoms with Gasteiger partial charge in [0.05, 0.1) is 5.69 Å². The highest BCUT2D eigenvalue weighted by Gasteiger charge is 2.28. The molecule has 1 aromatic carbocycles. The van der Waals surface area contributed by atoms with Gasteiger partial charge in [-0.25, -0.2) is 0 Å². The average Bonchev–Trinajstić information content (AvgIpc) is 2.74. The van der Waals surface area contributed by atoms with E-state index in [1.807, 2.05) is 12.1 Å². The van der Waals surface area contributed by atoms with E-state index < -0.39 is 0 Å². The third kappa shape index (κ3) is 1.98. The minimum absolute atomic E-state index is 0.340. The number of pyridine rings is 1. The summed E-state index contributed by atoms with van der Waals surface area (Å²) in [7, 11) is 0. The maximum absolute atomic E-state index is 5.79. The van der Waals surface area contributed by atoms with E-state index in [1.54, 1.807) is 6.20 Å². The Labute approximate surface area is 118 Å². The minimum atomic E-state index is 0.340. The number of nitrogens with two attached hydrogens (primary N) is 1. The number of rotatable bonds is 2. The van der Waals surface area contributed by atoms with Gasteiger partial charge in [0, 0.05) is 17.9 Å². The molecule has 0 spiro atoms. The van der Waals surface area contributed by atoms with Crippen LogP contribution in [0.1, 0.15) is 18.2 Å². The molecule has 0 aliphatic carbocycles. The van der Waals surface area contributed by atoms with Crippen molar-refractivity contribution in [2.45, 2.75) is 19.4 Å². The second-order valence-electron chi connectivity index (χ2n) is 4.79. The molecule has 96 valence electrons. The summed E-state index contributed by atoms with van der Waals surface area (Å²) in [4.78, 5) is 6.94. The molecule has 1 atom stereocenters. The fraction of sp³-hybridized carbons (Fsp3) is 0.200. The second-order valence-corrected chi connectivity index (χ2v) is 5.23. The molecular formula is C15H15N3S. The van der Waals surface area contributed by atoms with Crippen LogP contribution >= 0.6 is 12.2 Å². The van der Waals surface area contributed by atoms with Gasteiger partial charge in [-0.1, -0.05) is 30.4 Å². The standard InChI is InChI=1S/C15H15N3S/c1-10-9-11-5-2-3-6-12(11)18(10)13-7-4-8-17-14(13)15(16)19/h2-8,10H,9H2,1H3,(H2,16,19). The quantitative estimate of drug-likeness (QED) is 0.851. The maximum Gasteiger partial charge on any atom is 0.124 e. The lowest BCUT2D eigenvalue weighted by molar-refractivity contribution is 0.757. The van der Waals surface area contributed by atoms with Gasteiger partial charge in [-0.15, -0.1) is 0 Å². The summed E-state index contributed by atoms with van der Waals surface area (Å²) < 4.78 is 0. The van der Waals surface area contributed by atoms with Gasteiger partial charge in [-0.05, 0) is 37.1 Å². The van der Waals surface area contributed by atoms with E-state index in [0.29, 0.717) is 16.7 Å². The topological polar surface area (TPSA) is 42.2 Å². The molecule has 0 radical (unpaired) electrons. The van der Waals surface area contributed by atoms with Gasteiger partial charge in [0.25, 0.3) is 0 Å². The van der Waals surface area contributed by atoms with Gasteiger partial charge < -0.3 is 10.6 Å². The molecule has 3 nitrogen and oxygen atoms in total. The Kier molecular flexibility index (Phi) is 2.95. The van der Waals surface area contributed by atoms with E-state index in [2.05, 4.69) is 41.1 Å². The molecule has 1 unspecified atom stereocenters. The molecule has 0 saturated heterocycles. The summed E-state index contributed by atoms with van der Waals surface area (Å²) in [5.41, 5.74) is 10.1. The van der Waals surface area contributed by atoms with Gasteiger partial charge in [0.2, 0.25) is 0 Å². The van der Waals surface area contributed by atoms with E-state index in [-0.39, 0.29) is 0 Å². The van der Waals surface area contributed by atoms with Crippen LogP contribution in [-0.4, -0.2) is 16.0 Å². The monoisotopic (exact) mass is 269 g/mol. The van der Waals surface area contributed by atoms with Gasteiger partial charge in [-0.3, -0.25) is 4.98 Å². The highest BCUT2D eigenvalue weighted by molar-refractivity contribution is 7.80. The predicted octanol–water partition coefficient (Wildman–Crippen LogP) is 2.80. The Bertz CT molecular complexity index is 639. The summed E-state index contributed by atoms with van der Waals surface area (Å²) >= 11 is 5.11. The van der Waals surface area contributed by atoms with Crippen LogP contribution in [0.5, 0.6) is 0 Å². The molecule has 0 bridgehead atoms. The Hall–Kier alpha value is -1.94. The van der Waals surface area contributed by atoms with E-state index in [4.69, 9.17) is 18.0 Å². The first-order valence-electron chi connectivity index (χ1n) is 6.30. The molecule has 1 aromatic heterocycles. The summed E-state index contributed by atoms with van der Waals surface area (Å²) in [5.74, 6) is 0. The molecule has 0 amide bonds. The average molecular weight is 269 g/mol. The van der Waals surface area contributed by atoms with Gasteiger partial charge in [-0.2, -0.15) is 0 Å². The molecule has 3 rings (SSSR count). The van der Waals surface area contributed by atoms with Crippen LogP contribution in [0, 0.1) is 0 Å². The summed E-state index contributed by atoms with van der Waals surface area (Å²) in [6.45, 7) is 2.20. The van der Waals surface area contributed by atoms with Crippen molar-refractivity contribution in [1.82, 2.24) is 4.98 Å². The van der Waals surface area contributed by atoms with Crippen molar-refractivity contribution in [3.8, 4) is 0 Å². The Balaban J connectivity index is 2.15. The van der Waals surface area contributed by atoms with Gasteiger partial charge >= 0.3 is 0 Å². The van der Waals surface area contributed by atoms with Crippen LogP contribution in [0.4, 0.5) is 11.4 Å². The molecule has 19 heavy (non-hydrogen) atoms. The van der Waals surface area contributed by atoms with E-state index in [9.17, 15) is 0 Å². The SMILES string of the molecule is CC1Cc2ccccc2N1c1cccnc1C(N)=S. The van der Waals surface area contributed by atoms with Crippen molar-refractivity contribution in [3.05, 3.63) is 53.9 Å². The third-order valence-electron chi connectivity index (χ3n) is 3.49. The van der Waals surface area contributed by atoms with Gasteiger partial charge in [0.1, 0.15) is 10.7 Å². The number of benzene rings is 1. The number of thiocarbonyl (C=S) groups is 1. The van der Waals surface area contributed by atoms with Crippen molar-refractivity contribution in [3.63, 3.8) is 0 Å². The minimum Gasteiger partial charge on any atom is -0.388 e. The van der Waals surface area contributed by atoms with Crippen LogP contribution in [0.25, 0.3) is 0 Å². The van der Waals surface area contributed by atoms with Crippen LogP contribution in [0.3, 0.4) is 0 Å². The molecule has 2 N–H and O–H groups in total. The Morgan fingerprint density at radius 3 is 2.79 bits per heavy atom. The molecule has 1 aliphatic heterocycles. The summed E-state index contributed by atoms with van der Waals surface area (Å²) in [6, 6.07) is 12.8. The van der Waals surface area contributed by atoms with Crippen molar-refractivity contribution in [1.29, 1.82) is 0 Å². The first-order chi connectivity index (χ1) is 9.18. The molecule has 2 aromatic rings. The van der Waals surface area contributed by atoms with Crippen LogP contribution < -0.4 is 10.6 Å². The van der Waals surface area contributed by atoms with Crippen LogP contribution in [0.2, 0.25) is 0 Å². The normalized spacial score (nSPS) is 17.3. The van der Waals surface area contributed by atoms with Crippen molar-refractivity contribution in [2.75, 3.05) is 4.90 Å². The highest BCUT2D eigenvalue weighted by atomic mass is 32.1. The first-order valence-corrected chi connectivity index (χ1v) is 6.71. The molecule has 0 fully saturated rings. The number of aromatic nitrogens is 1. The Morgan fingerprint density at radius 2 is 2.00 bits per heavy atom. The predicted molar refractivity (Wildman–Crippen MR) is 81.9 cm³/mol. The lowest BCUT2D eigenvalue weighted by Gasteiger charge is -2.26. The maximum atomic E-state index is 5.79. The van der Waals surface area contributed by atoms with Crippen molar-refractivity contribution in [2.24, 2.45) is 5.73 Å². The Morgan fingerprint density at radius 1 is 1.26 bits per heavy atom. The summed E-state index contributed by atoms with van der Waals surface area (Å²) in [5, 5.41) is 0. The third-order valence-corrected chi connectivity index (χ3v) is 3.68. The molecule has 1 aliphatic rings. The number of anilines is 2.